The van der Waals surface area contributed by atoms with E-state index in [4.69, 9.17) is 4.74 Å². The Labute approximate surface area is 120 Å². The van der Waals surface area contributed by atoms with Crippen LogP contribution in [0.4, 0.5) is 5.69 Å². The number of ether oxygens (including phenoxy) is 1. The first kappa shape index (κ1) is 12.8. The number of hydrogen-bond acceptors (Lipinski definition) is 2. The van der Waals surface area contributed by atoms with E-state index in [9.17, 15) is 0 Å². The van der Waals surface area contributed by atoms with Gasteiger partial charge in [-0.25, -0.2) is 0 Å². The van der Waals surface area contributed by atoms with Crippen molar-refractivity contribution in [2.45, 2.75) is 19.8 Å². The van der Waals surface area contributed by atoms with E-state index in [-0.39, 0.29) is 0 Å². The summed E-state index contributed by atoms with van der Waals surface area (Å²) < 4.78 is 5.90. The number of benzene rings is 2. The van der Waals surface area contributed by atoms with Crippen LogP contribution >= 0.6 is 0 Å². The molecule has 0 atom stereocenters. The summed E-state index contributed by atoms with van der Waals surface area (Å²) in [5.74, 6) is 1.88. The van der Waals surface area contributed by atoms with Crippen molar-refractivity contribution in [2.24, 2.45) is 0 Å². The molecule has 0 bridgehead atoms. The molecule has 2 aromatic rings. The number of rotatable bonds is 3. The number of nitrogens with zero attached hydrogens (tertiary/aromatic N) is 1. The fourth-order valence-electron chi connectivity index (χ4n) is 2.42. The molecule has 0 saturated heterocycles. The molecule has 0 unspecified atom stereocenters. The molecule has 0 spiro atoms. The second-order valence-electron chi connectivity index (χ2n) is 5.04. The Kier molecular flexibility index (Phi) is 3.46. The highest BCUT2D eigenvalue weighted by Crippen LogP contribution is 2.40. The molecule has 2 aromatic carbocycles. The first-order chi connectivity index (χ1) is 9.79. The first-order valence-electron chi connectivity index (χ1n) is 7.11. The van der Waals surface area contributed by atoms with Crippen LogP contribution in [0.2, 0.25) is 0 Å². The molecule has 0 aliphatic carbocycles. The van der Waals surface area contributed by atoms with Crippen molar-refractivity contribution in [3.05, 3.63) is 60.5 Å². The van der Waals surface area contributed by atoms with Gasteiger partial charge in [0.25, 0.3) is 0 Å². The Hall–Kier alpha value is -2.22. The summed E-state index contributed by atoms with van der Waals surface area (Å²) in [6.45, 7) is 2.17. The van der Waals surface area contributed by atoms with Gasteiger partial charge in [-0.3, -0.25) is 0 Å². The third kappa shape index (κ3) is 2.29. The summed E-state index contributed by atoms with van der Waals surface area (Å²) >= 11 is 0. The van der Waals surface area contributed by atoms with Crippen LogP contribution in [0.1, 0.15) is 19.8 Å². The second kappa shape index (κ2) is 5.41. The predicted octanol–water partition coefficient (Wildman–Crippen LogP) is 4.82. The van der Waals surface area contributed by atoms with E-state index in [1.54, 1.807) is 0 Å². The van der Waals surface area contributed by atoms with E-state index < -0.39 is 0 Å². The van der Waals surface area contributed by atoms with Crippen LogP contribution in [0, 0.1) is 0 Å². The van der Waals surface area contributed by atoms with E-state index in [0.717, 1.165) is 30.2 Å². The van der Waals surface area contributed by atoms with Crippen LogP contribution in [0.15, 0.2) is 60.5 Å². The number of anilines is 1. The molecule has 0 fully saturated rings. The molecule has 1 aliphatic heterocycles. The quantitative estimate of drug-likeness (QED) is 0.788. The van der Waals surface area contributed by atoms with Gasteiger partial charge in [0.05, 0.1) is 5.69 Å². The van der Waals surface area contributed by atoms with Gasteiger partial charge in [0, 0.05) is 7.05 Å². The highest BCUT2D eigenvalue weighted by Gasteiger charge is 2.22. The number of fused-ring (bicyclic) bond motifs is 1. The van der Waals surface area contributed by atoms with Gasteiger partial charge < -0.3 is 9.64 Å². The van der Waals surface area contributed by atoms with Gasteiger partial charge >= 0.3 is 0 Å². The van der Waals surface area contributed by atoms with Crippen LogP contribution in [0.25, 0.3) is 11.1 Å². The zero-order valence-corrected chi connectivity index (χ0v) is 12.0. The monoisotopic (exact) mass is 265 g/mol. The molecule has 20 heavy (non-hydrogen) atoms. The zero-order chi connectivity index (χ0) is 13.9. The Morgan fingerprint density at radius 3 is 2.60 bits per heavy atom. The van der Waals surface area contributed by atoms with Crippen LogP contribution < -0.4 is 9.64 Å². The molecule has 102 valence electrons. The standard InChI is InChI=1S/C18H19NO/c1-3-4-10-18-19(2)16-13-15(11-12-17(16)20-18)14-8-6-5-7-9-14/h5-13H,3-4H2,1-2H3. The number of unbranched alkanes of at least 4 members (excludes halogenated alkanes) is 1. The molecular formula is C18H19NO. The Bertz CT molecular complexity index is 631. The Morgan fingerprint density at radius 1 is 1.05 bits per heavy atom. The SMILES string of the molecule is CCCC=C1Oc2ccc(-c3ccccc3)cc2N1C. The molecule has 2 nitrogen and oxygen atoms in total. The minimum Gasteiger partial charge on any atom is -0.439 e. The van der Waals surface area contributed by atoms with E-state index >= 15 is 0 Å². The normalized spacial score (nSPS) is 15.3. The second-order valence-corrected chi connectivity index (χ2v) is 5.04. The minimum atomic E-state index is 0.937. The summed E-state index contributed by atoms with van der Waals surface area (Å²) in [4.78, 5) is 2.12. The molecule has 2 heteroatoms. The summed E-state index contributed by atoms with van der Waals surface area (Å²) in [5.41, 5.74) is 3.58. The van der Waals surface area contributed by atoms with Gasteiger partial charge in [0.1, 0.15) is 0 Å². The van der Waals surface area contributed by atoms with Crippen LogP contribution in [0.3, 0.4) is 0 Å². The molecule has 0 saturated carbocycles. The number of allylic oxidation sites excluding steroid dienone is 1. The lowest BCUT2D eigenvalue weighted by molar-refractivity contribution is 0.440. The summed E-state index contributed by atoms with van der Waals surface area (Å²) in [5, 5.41) is 0. The largest absolute Gasteiger partial charge is 0.439 e. The molecule has 0 radical (unpaired) electrons. The third-order valence-corrected chi connectivity index (χ3v) is 3.58. The third-order valence-electron chi connectivity index (χ3n) is 3.58. The maximum Gasteiger partial charge on any atom is 0.196 e. The molecule has 3 rings (SSSR count). The lowest BCUT2D eigenvalue weighted by Crippen LogP contribution is -2.13. The van der Waals surface area contributed by atoms with Crippen molar-refractivity contribution in [2.75, 3.05) is 11.9 Å². The topological polar surface area (TPSA) is 12.5 Å². The molecule has 0 N–H and O–H groups in total. The highest BCUT2D eigenvalue weighted by atomic mass is 16.5. The lowest BCUT2D eigenvalue weighted by atomic mass is 10.0. The van der Waals surface area contributed by atoms with Gasteiger partial charge in [0.2, 0.25) is 0 Å². The van der Waals surface area contributed by atoms with Crippen LogP contribution in [0.5, 0.6) is 5.75 Å². The maximum atomic E-state index is 5.90. The summed E-state index contributed by atoms with van der Waals surface area (Å²) in [7, 11) is 2.06. The van der Waals surface area contributed by atoms with Crippen molar-refractivity contribution in [1.29, 1.82) is 0 Å². The number of hydrogen-bond donors (Lipinski definition) is 0. The van der Waals surface area contributed by atoms with Gasteiger partial charge in [-0.1, -0.05) is 49.7 Å². The predicted molar refractivity (Wildman–Crippen MR) is 83.9 cm³/mol. The van der Waals surface area contributed by atoms with Crippen molar-refractivity contribution in [3.63, 3.8) is 0 Å². The van der Waals surface area contributed by atoms with E-state index in [1.807, 2.05) is 6.07 Å². The van der Waals surface area contributed by atoms with Crippen molar-refractivity contribution in [3.8, 4) is 16.9 Å². The summed E-state index contributed by atoms with van der Waals surface area (Å²) in [6.07, 6.45) is 4.33. The first-order valence-corrected chi connectivity index (χ1v) is 7.11. The van der Waals surface area contributed by atoms with Gasteiger partial charge in [-0.15, -0.1) is 0 Å². The fourth-order valence-corrected chi connectivity index (χ4v) is 2.42. The van der Waals surface area contributed by atoms with Gasteiger partial charge in [-0.2, -0.15) is 0 Å². The van der Waals surface area contributed by atoms with Gasteiger partial charge in [-0.05, 0) is 35.8 Å². The maximum absolute atomic E-state index is 5.90. The average molecular weight is 265 g/mol. The minimum absolute atomic E-state index is 0.937. The smallest absolute Gasteiger partial charge is 0.196 e. The zero-order valence-electron chi connectivity index (χ0n) is 12.0. The Balaban J connectivity index is 1.95. The van der Waals surface area contributed by atoms with Crippen LogP contribution in [-0.4, -0.2) is 7.05 Å². The molecular weight excluding hydrogens is 246 g/mol. The van der Waals surface area contributed by atoms with Gasteiger partial charge in [0.15, 0.2) is 11.6 Å². The lowest BCUT2D eigenvalue weighted by Gasteiger charge is -2.11. The van der Waals surface area contributed by atoms with Crippen molar-refractivity contribution < 1.29 is 4.74 Å². The van der Waals surface area contributed by atoms with E-state index in [1.165, 1.54) is 11.1 Å². The van der Waals surface area contributed by atoms with E-state index in [0.29, 0.717) is 0 Å². The highest BCUT2D eigenvalue weighted by molar-refractivity contribution is 5.75. The Morgan fingerprint density at radius 2 is 1.85 bits per heavy atom. The molecule has 0 amide bonds. The fraction of sp³-hybridized carbons (Fsp3) is 0.222. The van der Waals surface area contributed by atoms with E-state index in [2.05, 4.69) is 67.4 Å². The molecule has 1 aliphatic rings. The van der Waals surface area contributed by atoms with Crippen molar-refractivity contribution in [1.82, 2.24) is 0 Å². The molecule has 1 heterocycles. The summed E-state index contributed by atoms with van der Waals surface area (Å²) in [6, 6.07) is 16.8. The van der Waals surface area contributed by atoms with Crippen LogP contribution in [-0.2, 0) is 0 Å². The van der Waals surface area contributed by atoms with Crippen molar-refractivity contribution >= 4 is 5.69 Å². The molecule has 0 aromatic heterocycles. The average Bonchev–Trinajstić information content (AvgIpc) is 2.82.